The molecule has 1 fully saturated rings. The summed E-state index contributed by atoms with van der Waals surface area (Å²) in [6, 6.07) is 7.54. The van der Waals surface area contributed by atoms with E-state index in [0.717, 1.165) is 28.1 Å². The molecule has 1 aliphatic rings. The number of hydrogen-bond acceptors (Lipinski definition) is 4. The first kappa shape index (κ1) is 11.6. The Balaban J connectivity index is 1.70. The van der Waals surface area contributed by atoms with Crippen molar-refractivity contribution in [2.75, 3.05) is 0 Å². The molecule has 94 valence electrons. The standard InChI is InChI=1S/C13H14N2O2S/c16-13(17)12(8-5-6-8)14-7-11-15-9-3-1-2-4-10(9)18-11/h1-4,8,12,14H,5-7H2,(H,16,17). The van der Waals surface area contributed by atoms with E-state index in [0.29, 0.717) is 12.5 Å². The number of carboxylic acid groups (broad SMARTS) is 1. The number of thiazole rings is 1. The lowest BCUT2D eigenvalue weighted by Crippen LogP contribution is -2.37. The smallest absolute Gasteiger partial charge is 0.320 e. The van der Waals surface area contributed by atoms with E-state index in [1.54, 1.807) is 11.3 Å². The first-order valence-corrected chi connectivity index (χ1v) is 6.86. The van der Waals surface area contributed by atoms with Crippen LogP contribution in [0.1, 0.15) is 17.8 Å². The van der Waals surface area contributed by atoms with Gasteiger partial charge in [0.2, 0.25) is 0 Å². The van der Waals surface area contributed by atoms with Crippen molar-refractivity contribution < 1.29 is 9.90 Å². The van der Waals surface area contributed by atoms with E-state index in [9.17, 15) is 4.79 Å². The first-order valence-electron chi connectivity index (χ1n) is 6.04. The van der Waals surface area contributed by atoms with Crippen LogP contribution in [0.15, 0.2) is 24.3 Å². The van der Waals surface area contributed by atoms with E-state index in [1.165, 1.54) is 0 Å². The Morgan fingerprint density at radius 2 is 2.28 bits per heavy atom. The minimum atomic E-state index is -0.751. The summed E-state index contributed by atoms with van der Waals surface area (Å²) in [5, 5.41) is 13.2. The molecule has 1 saturated carbocycles. The van der Waals surface area contributed by atoms with Gasteiger partial charge in [0.25, 0.3) is 0 Å². The van der Waals surface area contributed by atoms with Gasteiger partial charge in [-0.15, -0.1) is 11.3 Å². The molecule has 0 amide bonds. The van der Waals surface area contributed by atoms with Crippen molar-refractivity contribution >= 4 is 27.5 Å². The van der Waals surface area contributed by atoms with E-state index in [4.69, 9.17) is 5.11 Å². The van der Waals surface area contributed by atoms with Gasteiger partial charge in [0, 0.05) is 6.54 Å². The Labute approximate surface area is 109 Å². The summed E-state index contributed by atoms with van der Waals surface area (Å²) in [7, 11) is 0. The van der Waals surface area contributed by atoms with Crippen LogP contribution < -0.4 is 5.32 Å². The fraction of sp³-hybridized carbons (Fsp3) is 0.385. The van der Waals surface area contributed by atoms with Gasteiger partial charge in [-0.2, -0.15) is 0 Å². The van der Waals surface area contributed by atoms with Gasteiger partial charge in [0.05, 0.1) is 10.2 Å². The molecule has 0 saturated heterocycles. The maximum absolute atomic E-state index is 11.1. The van der Waals surface area contributed by atoms with Crippen molar-refractivity contribution in [1.82, 2.24) is 10.3 Å². The van der Waals surface area contributed by atoms with Gasteiger partial charge in [-0.25, -0.2) is 4.98 Å². The Bertz CT molecular complexity index is 544. The predicted octanol–water partition coefficient (Wildman–Crippen LogP) is 2.25. The number of para-hydroxylation sites is 1. The zero-order chi connectivity index (χ0) is 12.5. The third-order valence-corrected chi connectivity index (χ3v) is 4.21. The fourth-order valence-electron chi connectivity index (χ4n) is 2.08. The van der Waals surface area contributed by atoms with Crippen LogP contribution in [0.4, 0.5) is 0 Å². The molecule has 1 atom stereocenters. The Morgan fingerprint density at radius 1 is 1.50 bits per heavy atom. The lowest BCUT2D eigenvalue weighted by Gasteiger charge is -2.11. The normalized spacial score (nSPS) is 16.9. The van der Waals surface area contributed by atoms with Crippen molar-refractivity contribution in [3.05, 3.63) is 29.3 Å². The number of rotatable bonds is 5. The molecule has 18 heavy (non-hydrogen) atoms. The summed E-state index contributed by atoms with van der Waals surface area (Å²) in [5.74, 6) is -0.449. The Morgan fingerprint density at radius 3 is 2.94 bits per heavy atom. The monoisotopic (exact) mass is 262 g/mol. The average molecular weight is 262 g/mol. The van der Waals surface area contributed by atoms with E-state index in [1.807, 2.05) is 24.3 Å². The first-order chi connectivity index (χ1) is 8.74. The number of nitrogens with zero attached hydrogens (tertiary/aromatic N) is 1. The number of nitrogens with one attached hydrogen (secondary N) is 1. The van der Waals surface area contributed by atoms with Crippen molar-refractivity contribution in [2.45, 2.75) is 25.4 Å². The van der Waals surface area contributed by atoms with Crippen LogP contribution in [0, 0.1) is 5.92 Å². The van der Waals surface area contributed by atoms with Crippen LogP contribution in [0.25, 0.3) is 10.2 Å². The van der Waals surface area contributed by atoms with Gasteiger partial charge in [0.15, 0.2) is 0 Å². The minimum Gasteiger partial charge on any atom is -0.480 e. The summed E-state index contributed by atoms with van der Waals surface area (Å²) >= 11 is 1.62. The molecule has 0 aliphatic heterocycles. The molecule has 1 heterocycles. The number of fused-ring (bicyclic) bond motifs is 1. The molecule has 4 nitrogen and oxygen atoms in total. The second-order valence-corrected chi connectivity index (χ2v) is 5.72. The highest BCUT2D eigenvalue weighted by molar-refractivity contribution is 7.18. The summed E-state index contributed by atoms with van der Waals surface area (Å²) in [5.41, 5.74) is 0.984. The molecule has 3 rings (SSSR count). The molecule has 1 unspecified atom stereocenters. The topological polar surface area (TPSA) is 62.2 Å². The van der Waals surface area contributed by atoms with Crippen LogP contribution in [0.5, 0.6) is 0 Å². The van der Waals surface area contributed by atoms with Crippen LogP contribution in [0.2, 0.25) is 0 Å². The highest BCUT2D eigenvalue weighted by Crippen LogP contribution is 2.33. The van der Waals surface area contributed by atoms with Crippen LogP contribution >= 0.6 is 11.3 Å². The van der Waals surface area contributed by atoms with Gasteiger partial charge in [0.1, 0.15) is 11.0 Å². The molecule has 2 aromatic rings. The highest BCUT2D eigenvalue weighted by Gasteiger charge is 2.35. The number of aliphatic carboxylic acids is 1. The summed E-state index contributed by atoms with van der Waals surface area (Å²) in [6.45, 7) is 0.535. The van der Waals surface area contributed by atoms with Crippen molar-refractivity contribution in [3.63, 3.8) is 0 Å². The molecule has 2 N–H and O–H groups in total. The molecule has 0 radical (unpaired) electrons. The number of hydrogen-bond donors (Lipinski definition) is 2. The zero-order valence-electron chi connectivity index (χ0n) is 9.80. The molecule has 5 heteroatoms. The lowest BCUT2D eigenvalue weighted by molar-refractivity contribution is -0.140. The SMILES string of the molecule is O=C(O)C(NCc1nc2ccccc2s1)C1CC1. The third-order valence-electron chi connectivity index (χ3n) is 3.17. The molecular formula is C13H14N2O2S. The van der Waals surface area contributed by atoms with E-state index in [2.05, 4.69) is 10.3 Å². The predicted molar refractivity (Wildman–Crippen MR) is 70.6 cm³/mol. The van der Waals surface area contributed by atoms with Gasteiger partial charge in [-0.3, -0.25) is 10.1 Å². The summed E-state index contributed by atoms with van der Waals surface area (Å²) < 4.78 is 1.15. The van der Waals surface area contributed by atoms with E-state index in [-0.39, 0.29) is 0 Å². The second-order valence-electron chi connectivity index (χ2n) is 4.61. The summed E-state index contributed by atoms with van der Waals surface area (Å²) in [6.07, 6.45) is 2.04. The molecule has 1 aromatic heterocycles. The number of carbonyl (C=O) groups is 1. The van der Waals surface area contributed by atoms with Crippen LogP contribution in [-0.2, 0) is 11.3 Å². The summed E-state index contributed by atoms with van der Waals surface area (Å²) in [4.78, 5) is 15.6. The maximum Gasteiger partial charge on any atom is 0.320 e. The van der Waals surface area contributed by atoms with E-state index >= 15 is 0 Å². The lowest BCUT2D eigenvalue weighted by atomic mass is 10.2. The quantitative estimate of drug-likeness (QED) is 0.867. The second kappa shape index (κ2) is 4.66. The van der Waals surface area contributed by atoms with Gasteiger partial charge in [-0.1, -0.05) is 12.1 Å². The zero-order valence-corrected chi connectivity index (χ0v) is 10.6. The fourth-order valence-corrected chi connectivity index (χ4v) is 3.00. The van der Waals surface area contributed by atoms with Crippen molar-refractivity contribution in [1.29, 1.82) is 0 Å². The maximum atomic E-state index is 11.1. The van der Waals surface area contributed by atoms with Gasteiger partial charge >= 0.3 is 5.97 Å². The van der Waals surface area contributed by atoms with Crippen LogP contribution in [0.3, 0.4) is 0 Å². The molecular weight excluding hydrogens is 248 g/mol. The van der Waals surface area contributed by atoms with Gasteiger partial charge in [-0.05, 0) is 30.9 Å². The van der Waals surface area contributed by atoms with Crippen molar-refractivity contribution in [3.8, 4) is 0 Å². The highest BCUT2D eigenvalue weighted by atomic mass is 32.1. The molecule has 0 bridgehead atoms. The average Bonchev–Trinajstić information content (AvgIpc) is 3.08. The van der Waals surface area contributed by atoms with Crippen molar-refractivity contribution in [2.24, 2.45) is 5.92 Å². The Hall–Kier alpha value is -1.46. The van der Waals surface area contributed by atoms with Crippen LogP contribution in [-0.4, -0.2) is 22.1 Å². The number of carboxylic acids is 1. The minimum absolute atomic E-state index is 0.303. The van der Waals surface area contributed by atoms with E-state index < -0.39 is 12.0 Å². The molecule has 0 spiro atoms. The largest absolute Gasteiger partial charge is 0.480 e. The third kappa shape index (κ3) is 2.37. The van der Waals surface area contributed by atoms with Gasteiger partial charge < -0.3 is 5.11 Å². The Kier molecular flexibility index (Phi) is 3.01. The molecule has 1 aromatic carbocycles. The number of aromatic nitrogens is 1. The molecule has 1 aliphatic carbocycles. The number of benzene rings is 1.